The maximum absolute atomic E-state index is 13.6. The van der Waals surface area contributed by atoms with E-state index in [0.29, 0.717) is 22.4 Å². The van der Waals surface area contributed by atoms with E-state index >= 15 is 0 Å². The van der Waals surface area contributed by atoms with Gasteiger partial charge in [0.25, 0.3) is 0 Å². The van der Waals surface area contributed by atoms with Crippen LogP contribution in [0.15, 0.2) is 51.7 Å². The molecule has 0 aliphatic heterocycles. The summed E-state index contributed by atoms with van der Waals surface area (Å²) in [5.74, 6) is -1.21. The van der Waals surface area contributed by atoms with Gasteiger partial charge in [0.15, 0.2) is 5.58 Å². The van der Waals surface area contributed by atoms with E-state index in [1.807, 2.05) is 0 Å². The van der Waals surface area contributed by atoms with E-state index in [9.17, 15) is 17.6 Å². The molecule has 0 saturated heterocycles. The van der Waals surface area contributed by atoms with Crippen LogP contribution in [0.3, 0.4) is 0 Å². The Morgan fingerprint density at radius 2 is 1.96 bits per heavy atom. The van der Waals surface area contributed by atoms with Crippen LogP contribution in [-0.4, -0.2) is 18.7 Å². The van der Waals surface area contributed by atoms with Gasteiger partial charge in [-0.15, -0.1) is 0 Å². The zero-order valence-corrected chi connectivity index (χ0v) is 13.6. The smallest absolute Gasteiger partial charge is 0.408 e. The molecule has 8 heteroatoms. The number of rotatable bonds is 5. The Morgan fingerprint density at radius 3 is 2.71 bits per heavy atom. The van der Waals surface area contributed by atoms with E-state index < -0.39 is 21.6 Å². The number of nitrogens with one attached hydrogen (secondary N) is 1. The lowest BCUT2D eigenvalue weighted by Gasteiger charge is -2.08. The molecule has 2 aromatic carbocycles. The number of oxazole rings is 1. The highest BCUT2D eigenvalue weighted by Crippen LogP contribution is 2.19. The minimum atomic E-state index is -3.66. The lowest BCUT2D eigenvalue weighted by Crippen LogP contribution is -2.18. The van der Waals surface area contributed by atoms with Crippen molar-refractivity contribution in [2.45, 2.75) is 6.42 Å². The summed E-state index contributed by atoms with van der Waals surface area (Å²) in [6, 6.07) is 10.6. The number of hydrogen-bond acceptors (Lipinski definition) is 4. The fourth-order valence-electron chi connectivity index (χ4n) is 2.37. The van der Waals surface area contributed by atoms with Gasteiger partial charge < -0.3 is 4.42 Å². The Balaban J connectivity index is 1.78. The third kappa shape index (κ3) is 3.33. The first-order valence-corrected chi connectivity index (χ1v) is 8.84. The van der Waals surface area contributed by atoms with E-state index in [1.165, 1.54) is 35.9 Å². The second kappa shape index (κ2) is 6.12. The summed E-state index contributed by atoms with van der Waals surface area (Å²) in [5, 5.41) is 0. The minimum absolute atomic E-state index is 0.0639. The van der Waals surface area contributed by atoms with Gasteiger partial charge in [-0.1, -0.05) is 18.2 Å². The molecule has 0 bridgehead atoms. The monoisotopic (exact) mass is 350 g/mol. The van der Waals surface area contributed by atoms with Crippen LogP contribution in [0, 0.1) is 5.82 Å². The van der Waals surface area contributed by atoms with Crippen LogP contribution in [0.2, 0.25) is 0 Å². The van der Waals surface area contributed by atoms with Gasteiger partial charge >= 0.3 is 5.76 Å². The molecule has 0 amide bonds. The number of anilines is 1. The number of hydrogen-bond donors (Lipinski definition) is 1. The van der Waals surface area contributed by atoms with E-state index in [2.05, 4.69) is 4.72 Å². The Hall–Kier alpha value is -2.61. The molecule has 1 N–H and O–H groups in total. The van der Waals surface area contributed by atoms with Crippen molar-refractivity contribution in [2.75, 3.05) is 10.5 Å². The second-order valence-electron chi connectivity index (χ2n) is 5.37. The molecular weight excluding hydrogens is 335 g/mol. The predicted octanol–water partition coefficient (Wildman–Crippen LogP) is 2.25. The Kier molecular flexibility index (Phi) is 4.15. The molecule has 1 heterocycles. The highest BCUT2D eigenvalue weighted by atomic mass is 32.2. The SMILES string of the molecule is Cn1c(=O)oc2ccc(NS(=O)(=O)CCc3ccccc3F)cc21. The van der Waals surface area contributed by atoms with Crippen LogP contribution in [0.5, 0.6) is 0 Å². The summed E-state index contributed by atoms with van der Waals surface area (Å²) < 4.78 is 46.6. The third-order valence-electron chi connectivity index (χ3n) is 3.66. The molecular formula is C16H15FN2O4S. The van der Waals surface area contributed by atoms with E-state index in [1.54, 1.807) is 18.2 Å². The van der Waals surface area contributed by atoms with Gasteiger partial charge in [0.05, 0.1) is 17.0 Å². The van der Waals surface area contributed by atoms with E-state index in [0.717, 1.165) is 0 Å². The van der Waals surface area contributed by atoms with Crippen LogP contribution < -0.4 is 10.5 Å². The maximum Gasteiger partial charge on any atom is 0.419 e. The summed E-state index contributed by atoms with van der Waals surface area (Å²) >= 11 is 0. The van der Waals surface area contributed by atoms with Crippen molar-refractivity contribution in [3.63, 3.8) is 0 Å². The van der Waals surface area contributed by atoms with Gasteiger partial charge in [0, 0.05) is 7.05 Å². The fourth-order valence-corrected chi connectivity index (χ4v) is 3.44. The number of fused-ring (bicyclic) bond motifs is 1. The molecule has 0 aliphatic rings. The van der Waals surface area contributed by atoms with Crippen LogP contribution in [0.25, 0.3) is 11.1 Å². The second-order valence-corrected chi connectivity index (χ2v) is 7.21. The molecule has 0 atom stereocenters. The first-order valence-electron chi connectivity index (χ1n) is 7.19. The van der Waals surface area contributed by atoms with Gasteiger partial charge in [0.2, 0.25) is 10.0 Å². The topological polar surface area (TPSA) is 81.3 Å². The molecule has 3 rings (SSSR count). The largest absolute Gasteiger partial charge is 0.419 e. The number of aryl methyl sites for hydroxylation is 2. The molecule has 0 fully saturated rings. The number of sulfonamides is 1. The lowest BCUT2D eigenvalue weighted by molar-refractivity contribution is 0.528. The third-order valence-corrected chi connectivity index (χ3v) is 4.95. The minimum Gasteiger partial charge on any atom is -0.408 e. The standard InChI is InChI=1S/C16H15FN2O4S/c1-19-14-10-12(6-7-15(14)23-16(19)20)18-24(21,22)9-8-11-4-2-3-5-13(11)17/h2-7,10,18H,8-9H2,1H3. The average Bonchev–Trinajstić information content (AvgIpc) is 2.81. The number of nitrogens with zero attached hydrogens (tertiary/aromatic N) is 1. The molecule has 3 aromatic rings. The molecule has 126 valence electrons. The fraction of sp³-hybridized carbons (Fsp3) is 0.188. The van der Waals surface area contributed by atoms with Crippen molar-refractivity contribution < 1.29 is 17.2 Å². The first kappa shape index (κ1) is 16.3. The molecule has 0 spiro atoms. The zero-order valence-electron chi connectivity index (χ0n) is 12.8. The summed E-state index contributed by atoms with van der Waals surface area (Å²) in [4.78, 5) is 11.4. The summed E-state index contributed by atoms with van der Waals surface area (Å²) in [6.45, 7) is 0. The average molecular weight is 350 g/mol. The van der Waals surface area contributed by atoms with Gasteiger partial charge in [-0.25, -0.2) is 17.6 Å². The van der Waals surface area contributed by atoms with Crippen molar-refractivity contribution in [1.82, 2.24) is 4.57 Å². The maximum atomic E-state index is 13.6. The van der Waals surface area contributed by atoms with Crippen molar-refractivity contribution in [3.05, 3.63) is 64.4 Å². The van der Waals surface area contributed by atoms with Crippen molar-refractivity contribution in [3.8, 4) is 0 Å². The quantitative estimate of drug-likeness (QED) is 0.765. The van der Waals surface area contributed by atoms with Crippen molar-refractivity contribution in [2.24, 2.45) is 7.05 Å². The Labute approximate surface area is 137 Å². The molecule has 0 saturated carbocycles. The van der Waals surface area contributed by atoms with Crippen molar-refractivity contribution >= 4 is 26.8 Å². The molecule has 1 aromatic heterocycles. The van der Waals surface area contributed by atoms with Crippen LogP contribution >= 0.6 is 0 Å². The Morgan fingerprint density at radius 1 is 1.21 bits per heavy atom. The van der Waals surface area contributed by atoms with Gasteiger partial charge in [0.1, 0.15) is 5.82 Å². The number of aromatic nitrogens is 1. The zero-order chi connectivity index (χ0) is 17.3. The number of halogens is 1. The number of benzene rings is 2. The molecule has 0 unspecified atom stereocenters. The normalized spacial score (nSPS) is 11.8. The summed E-state index contributed by atoms with van der Waals surface area (Å²) in [7, 11) is -2.13. The summed E-state index contributed by atoms with van der Waals surface area (Å²) in [5.41, 5.74) is 1.51. The molecule has 0 radical (unpaired) electrons. The van der Waals surface area contributed by atoms with Gasteiger partial charge in [-0.3, -0.25) is 9.29 Å². The molecule has 24 heavy (non-hydrogen) atoms. The lowest BCUT2D eigenvalue weighted by atomic mass is 10.2. The van der Waals surface area contributed by atoms with Gasteiger partial charge in [-0.05, 0) is 36.2 Å². The first-order chi connectivity index (χ1) is 11.4. The highest BCUT2D eigenvalue weighted by Gasteiger charge is 2.14. The highest BCUT2D eigenvalue weighted by molar-refractivity contribution is 7.92. The van der Waals surface area contributed by atoms with Gasteiger partial charge in [-0.2, -0.15) is 0 Å². The van der Waals surface area contributed by atoms with Crippen LogP contribution in [0.4, 0.5) is 10.1 Å². The molecule has 6 nitrogen and oxygen atoms in total. The summed E-state index contributed by atoms with van der Waals surface area (Å²) in [6.07, 6.45) is 0.0639. The molecule has 0 aliphatic carbocycles. The van der Waals surface area contributed by atoms with E-state index in [-0.39, 0.29) is 12.2 Å². The van der Waals surface area contributed by atoms with E-state index in [4.69, 9.17) is 4.42 Å². The Bertz CT molecular complexity index is 1050. The van der Waals surface area contributed by atoms with Crippen molar-refractivity contribution in [1.29, 1.82) is 0 Å². The van der Waals surface area contributed by atoms with Crippen LogP contribution in [-0.2, 0) is 23.5 Å². The predicted molar refractivity (Wildman–Crippen MR) is 89.0 cm³/mol. The van der Waals surface area contributed by atoms with Crippen LogP contribution in [0.1, 0.15) is 5.56 Å².